The summed E-state index contributed by atoms with van der Waals surface area (Å²) in [7, 11) is -9.07. The molecule has 17 heteroatoms. The van der Waals surface area contributed by atoms with Crippen molar-refractivity contribution in [1.82, 2.24) is 0 Å². The van der Waals surface area contributed by atoms with E-state index in [2.05, 4.69) is 21.1 Å². The van der Waals surface area contributed by atoms with E-state index >= 15 is 0 Å². The second-order valence-corrected chi connectivity index (χ2v) is 11.7. The van der Waals surface area contributed by atoms with E-state index in [0.717, 1.165) is 18.2 Å². The van der Waals surface area contributed by atoms with E-state index in [9.17, 15) is 40.6 Å². The van der Waals surface area contributed by atoms with E-state index in [4.69, 9.17) is 0 Å². The summed E-state index contributed by atoms with van der Waals surface area (Å²) in [6, 6.07) is 18.5. The molecule has 5 aromatic carbocycles. The third-order valence-electron chi connectivity index (χ3n) is 6.34. The Morgan fingerprint density at radius 2 is 1.05 bits per heavy atom. The molecule has 5 rings (SSSR count). The standard InChI is InChI=1S/C27H20N4O9S2.2Na/c32-14-15-13-22(30-28-20-9-11-23(41(35,36)37)18-7-3-1-5-16(18)20)27(34)25(26(15)33)31-29-21-10-12-24(42(38,39)40)19-8-4-2-6-17(19)21;;/h1-13,28-29,32H,14H2,(H,35,36,37)(H,38,39,40);;. The number of hydrogen-bond donors (Lipinski definition) is 5. The molecule has 0 saturated carbocycles. The number of rotatable bonds is 7. The van der Waals surface area contributed by atoms with Crippen LogP contribution in [0, 0.1) is 0 Å². The van der Waals surface area contributed by atoms with Crippen LogP contribution in [0.25, 0.3) is 21.5 Å². The zero-order chi connectivity index (χ0) is 30.2. The molecule has 0 atom stereocenters. The number of anilines is 2. The molecule has 5 N–H and O–H groups in total. The first-order chi connectivity index (χ1) is 19.9. The van der Waals surface area contributed by atoms with E-state index < -0.39 is 43.1 Å². The van der Waals surface area contributed by atoms with Crippen LogP contribution in [-0.2, 0) is 26.8 Å². The molecular weight excluding hydrogens is 634 g/mol. The summed E-state index contributed by atoms with van der Waals surface area (Å²) >= 11 is 0. The van der Waals surface area contributed by atoms with Gasteiger partial charge in [-0.25, -0.2) is 0 Å². The fourth-order valence-electron chi connectivity index (χ4n) is 4.40. The molecular formula is C27H20N4Na2O9S2. The Bertz CT molecular complexity index is 2360. The van der Waals surface area contributed by atoms with Gasteiger partial charge in [0.05, 0.1) is 18.0 Å². The minimum Gasteiger partial charge on any atom is -0.392 e. The zero-order valence-electron chi connectivity index (χ0n) is 23.2. The van der Waals surface area contributed by atoms with Gasteiger partial charge in [0, 0.05) is 86.2 Å². The smallest absolute Gasteiger partial charge is 0.295 e. The Labute approximate surface area is 293 Å². The van der Waals surface area contributed by atoms with Gasteiger partial charge < -0.3 is 5.11 Å². The number of fused-ring (bicyclic) bond motifs is 2. The zero-order valence-corrected chi connectivity index (χ0v) is 28.8. The molecule has 0 aliphatic heterocycles. The summed E-state index contributed by atoms with van der Waals surface area (Å²) in [5.74, 6) is 0. The van der Waals surface area contributed by atoms with Gasteiger partial charge in [-0.3, -0.25) is 29.5 Å². The summed E-state index contributed by atoms with van der Waals surface area (Å²) in [5.41, 5.74) is 3.78. The molecule has 0 saturated heterocycles. The molecule has 44 heavy (non-hydrogen) atoms. The fourth-order valence-corrected chi connectivity index (χ4v) is 5.79. The summed E-state index contributed by atoms with van der Waals surface area (Å²) in [4.78, 5) is 25.4. The molecule has 0 amide bonds. The average molecular weight is 655 g/mol. The maximum Gasteiger partial charge on any atom is 0.295 e. The van der Waals surface area contributed by atoms with Gasteiger partial charge in [-0.2, -0.15) is 27.0 Å². The molecule has 0 aliphatic rings. The van der Waals surface area contributed by atoms with E-state index in [1.54, 1.807) is 36.4 Å². The topological polar surface area (TPSA) is 212 Å². The van der Waals surface area contributed by atoms with Gasteiger partial charge >= 0.3 is 0 Å². The Balaban J connectivity index is 0.00000264. The van der Waals surface area contributed by atoms with Crippen molar-refractivity contribution in [1.29, 1.82) is 0 Å². The van der Waals surface area contributed by atoms with Crippen molar-refractivity contribution in [3.63, 3.8) is 0 Å². The number of nitrogens with zero attached hydrogens (tertiary/aromatic N) is 2. The number of nitrogens with one attached hydrogen (secondary N) is 2. The Hall–Kier alpha value is -2.80. The third-order valence-corrected chi connectivity index (χ3v) is 8.17. The predicted molar refractivity (Wildman–Crippen MR) is 165 cm³/mol. The van der Waals surface area contributed by atoms with Crippen LogP contribution in [-0.4, -0.2) is 90.2 Å². The molecule has 0 heterocycles. The summed E-state index contributed by atoms with van der Waals surface area (Å²) in [6.07, 6.45) is 0. The number of hydrogen-bond acceptors (Lipinski definition) is 11. The average Bonchev–Trinajstić information content (AvgIpc) is 2.95. The van der Waals surface area contributed by atoms with Crippen molar-refractivity contribution in [3.8, 4) is 0 Å². The number of aliphatic hydroxyl groups excluding tert-OH is 1. The molecule has 0 spiro atoms. The maximum atomic E-state index is 13.2. The minimum atomic E-state index is -4.54. The second-order valence-electron chi connectivity index (χ2n) is 8.93. The number of benzene rings is 5. The summed E-state index contributed by atoms with van der Waals surface area (Å²) in [5, 5.41) is 17.9. The van der Waals surface area contributed by atoms with Crippen LogP contribution >= 0.6 is 0 Å². The van der Waals surface area contributed by atoms with Gasteiger partial charge in [-0.05, 0) is 30.3 Å². The van der Waals surface area contributed by atoms with Crippen LogP contribution in [0.1, 0.15) is 5.56 Å². The normalized spacial score (nSPS) is 12.5. The molecule has 0 unspecified atom stereocenters. The van der Waals surface area contributed by atoms with Crippen molar-refractivity contribution in [2.24, 2.45) is 10.2 Å². The third kappa shape index (κ3) is 7.19. The molecule has 0 aromatic heterocycles. The molecule has 216 valence electrons. The van der Waals surface area contributed by atoms with Crippen LogP contribution in [0.4, 0.5) is 11.4 Å². The Morgan fingerprint density at radius 1 is 0.614 bits per heavy atom. The van der Waals surface area contributed by atoms with Crippen molar-refractivity contribution < 1.29 is 31.0 Å². The second kappa shape index (κ2) is 14.1. The minimum absolute atomic E-state index is 0. The van der Waals surface area contributed by atoms with Crippen molar-refractivity contribution in [2.75, 3.05) is 10.9 Å². The Morgan fingerprint density at radius 3 is 1.48 bits per heavy atom. The summed E-state index contributed by atoms with van der Waals surface area (Å²) < 4.78 is 66.2. The van der Waals surface area contributed by atoms with E-state index in [0.29, 0.717) is 10.8 Å². The van der Waals surface area contributed by atoms with Crippen molar-refractivity contribution >= 4 is 112 Å². The first kappa shape index (κ1) is 35.7. The molecule has 0 fully saturated rings. The van der Waals surface area contributed by atoms with Gasteiger partial charge in [0.2, 0.25) is 10.9 Å². The fraction of sp³-hybridized carbons (Fsp3) is 0.0370. The first-order valence-corrected chi connectivity index (χ1v) is 14.8. The van der Waals surface area contributed by atoms with E-state index in [1.165, 1.54) is 24.3 Å². The largest absolute Gasteiger partial charge is 0.392 e. The van der Waals surface area contributed by atoms with Gasteiger partial charge in [-0.15, -0.1) is 0 Å². The van der Waals surface area contributed by atoms with Gasteiger partial charge in [0.1, 0.15) is 15.1 Å². The van der Waals surface area contributed by atoms with Crippen LogP contribution in [0.15, 0.2) is 108 Å². The van der Waals surface area contributed by atoms with Crippen LogP contribution in [0.2, 0.25) is 0 Å². The SMILES string of the molecule is O=c1c(CO)cc(=NNc2ccc(S(=O)(=O)O)c3ccccc23)c(=O)c1=NNc1ccc(S(=O)(=O)O)c2ccccc12.[Na].[Na]. The van der Waals surface area contributed by atoms with E-state index in [-0.39, 0.29) is 102 Å². The quantitative estimate of drug-likeness (QED) is 0.0935. The molecule has 13 nitrogen and oxygen atoms in total. The Kier molecular flexibility index (Phi) is 11.4. The molecule has 5 aromatic rings. The monoisotopic (exact) mass is 654 g/mol. The molecule has 0 bridgehead atoms. The van der Waals surface area contributed by atoms with Crippen molar-refractivity contribution in [3.05, 3.63) is 116 Å². The van der Waals surface area contributed by atoms with Gasteiger partial charge in [0.15, 0.2) is 5.36 Å². The van der Waals surface area contributed by atoms with Crippen molar-refractivity contribution in [2.45, 2.75) is 16.4 Å². The van der Waals surface area contributed by atoms with Crippen LogP contribution < -0.4 is 32.4 Å². The molecule has 2 radical (unpaired) electrons. The maximum absolute atomic E-state index is 13.2. The predicted octanol–water partition coefficient (Wildman–Crippen LogP) is 0.669. The summed E-state index contributed by atoms with van der Waals surface area (Å²) in [6.45, 7) is -0.734. The van der Waals surface area contributed by atoms with Gasteiger partial charge in [0.25, 0.3) is 20.2 Å². The van der Waals surface area contributed by atoms with E-state index in [1.807, 2.05) is 0 Å². The first-order valence-electron chi connectivity index (χ1n) is 12.0. The number of aliphatic hydroxyl groups is 1. The van der Waals surface area contributed by atoms with Crippen LogP contribution in [0.3, 0.4) is 0 Å². The van der Waals surface area contributed by atoms with Gasteiger partial charge in [-0.1, -0.05) is 48.5 Å². The molecule has 0 aliphatic carbocycles. The van der Waals surface area contributed by atoms with Crippen LogP contribution in [0.5, 0.6) is 0 Å².